The molecule has 0 radical (unpaired) electrons. The van der Waals surface area contributed by atoms with E-state index in [0.717, 1.165) is 9.37 Å². The Kier molecular flexibility index (Phi) is 5.48. The molecule has 0 fully saturated rings. The fraction of sp³-hybridized carbons (Fsp3) is 0.538. The summed E-state index contributed by atoms with van der Waals surface area (Å²) in [5, 5.41) is 3.40. The highest BCUT2D eigenvalue weighted by Crippen LogP contribution is 2.34. The van der Waals surface area contributed by atoms with Crippen LogP contribution < -0.4 is 5.32 Å². The molecule has 0 bridgehead atoms. The van der Waals surface area contributed by atoms with Crippen molar-refractivity contribution in [1.29, 1.82) is 0 Å². The van der Waals surface area contributed by atoms with Gasteiger partial charge in [0.2, 0.25) is 0 Å². The highest BCUT2D eigenvalue weighted by atomic mass is 79.9. The van der Waals surface area contributed by atoms with Crippen molar-refractivity contribution in [3.05, 3.63) is 28.2 Å². The largest absolute Gasteiger partial charge is 0.316 e. The van der Waals surface area contributed by atoms with Gasteiger partial charge in [0.05, 0.1) is 0 Å². The Hall–Kier alpha value is -0.0600. The normalized spacial score (nSPS) is 15.0. The van der Waals surface area contributed by atoms with Crippen molar-refractivity contribution in [2.75, 3.05) is 13.6 Å². The molecule has 0 saturated carbocycles. The lowest BCUT2D eigenvalue weighted by Crippen LogP contribution is -2.29. The Labute approximate surface area is 116 Å². The zero-order valence-electron chi connectivity index (χ0n) is 10.7. The number of benzene rings is 1. The highest BCUT2D eigenvalue weighted by molar-refractivity contribution is 9.10. The summed E-state index contributed by atoms with van der Waals surface area (Å²) in [5.74, 6) is 0. The minimum Gasteiger partial charge on any atom is -0.316 e. The van der Waals surface area contributed by atoms with Crippen LogP contribution in [0.2, 0.25) is 0 Å². The molecule has 1 nitrogen and oxygen atoms in total. The number of thioether (sulfide) groups is 1. The first kappa shape index (κ1) is 15.0. The topological polar surface area (TPSA) is 12.0 Å². The number of halogens is 2. The van der Waals surface area contributed by atoms with Crippen LogP contribution in [0.1, 0.15) is 26.3 Å². The van der Waals surface area contributed by atoms with E-state index in [4.69, 9.17) is 0 Å². The number of hydrogen-bond acceptors (Lipinski definition) is 2. The molecule has 17 heavy (non-hydrogen) atoms. The van der Waals surface area contributed by atoms with Crippen molar-refractivity contribution in [3.63, 3.8) is 0 Å². The van der Waals surface area contributed by atoms with Gasteiger partial charge in [-0.05, 0) is 47.6 Å². The molecule has 0 amide bonds. The highest BCUT2D eigenvalue weighted by Gasteiger charge is 2.25. The van der Waals surface area contributed by atoms with Crippen molar-refractivity contribution in [1.82, 2.24) is 5.32 Å². The third-order valence-electron chi connectivity index (χ3n) is 2.41. The summed E-state index contributed by atoms with van der Waals surface area (Å²) in [6, 6.07) is 5.73. The van der Waals surface area contributed by atoms with Crippen molar-refractivity contribution in [2.24, 2.45) is 0 Å². The predicted octanol–water partition coefficient (Wildman–Crippen LogP) is 4.35. The van der Waals surface area contributed by atoms with E-state index in [1.807, 2.05) is 18.2 Å². The van der Waals surface area contributed by atoms with Crippen molar-refractivity contribution < 1.29 is 4.39 Å². The number of likely N-dealkylation sites (N-methyl/N-ethyl adjacent to an activating group) is 1. The van der Waals surface area contributed by atoms with Crippen LogP contribution in [0.25, 0.3) is 0 Å². The van der Waals surface area contributed by atoms with Crippen LogP contribution in [0, 0.1) is 0 Å². The quantitative estimate of drug-likeness (QED) is 0.809. The van der Waals surface area contributed by atoms with Crippen molar-refractivity contribution in [3.8, 4) is 0 Å². The average molecular weight is 320 g/mol. The van der Waals surface area contributed by atoms with Gasteiger partial charge in [0, 0.05) is 21.2 Å². The van der Waals surface area contributed by atoms with E-state index in [0.29, 0.717) is 17.4 Å². The average Bonchev–Trinajstić information content (AvgIpc) is 2.20. The minimum atomic E-state index is -1.34. The zero-order chi connectivity index (χ0) is 13.1. The fourth-order valence-electron chi connectivity index (χ4n) is 1.61. The summed E-state index contributed by atoms with van der Waals surface area (Å²) in [6.45, 7) is 6.20. The Morgan fingerprint density at radius 3 is 2.59 bits per heavy atom. The summed E-state index contributed by atoms with van der Waals surface area (Å²) in [7, 11) is 1.76. The van der Waals surface area contributed by atoms with Gasteiger partial charge in [-0.2, -0.15) is 0 Å². The standard InChI is InChI=1S/C13H19BrFNS/c1-9(2)17-12-6-5-10(7-11(12)14)13(3,15)8-16-4/h5-7,9,16H,8H2,1-4H3. The molecule has 1 N–H and O–H groups in total. The number of alkyl halides is 1. The number of rotatable bonds is 5. The van der Waals surface area contributed by atoms with Crippen molar-refractivity contribution in [2.45, 2.75) is 36.6 Å². The molecular weight excluding hydrogens is 301 g/mol. The van der Waals surface area contributed by atoms with E-state index in [9.17, 15) is 4.39 Å². The molecular formula is C13H19BrFNS. The summed E-state index contributed by atoms with van der Waals surface area (Å²) in [6.07, 6.45) is 0. The molecule has 1 unspecified atom stereocenters. The summed E-state index contributed by atoms with van der Waals surface area (Å²) in [5.41, 5.74) is -0.634. The lowest BCUT2D eigenvalue weighted by atomic mass is 9.98. The number of hydrogen-bond donors (Lipinski definition) is 1. The van der Waals surface area contributed by atoms with Crippen LogP contribution in [0.4, 0.5) is 4.39 Å². The van der Waals surface area contributed by atoms with Crippen LogP contribution in [-0.2, 0) is 5.67 Å². The Balaban J connectivity index is 2.95. The first-order valence-electron chi connectivity index (χ1n) is 5.67. The van der Waals surface area contributed by atoms with Crippen molar-refractivity contribution >= 4 is 27.7 Å². The van der Waals surface area contributed by atoms with Gasteiger partial charge in [-0.3, -0.25) is 0 Å². The third kappa shape index (κ3) is 4.27. The van der Waals surface area contributed by atoms with Crippen LogP contribution in [0.15, 0.2) is 27.6 Å². The Morgan fingerprint density at radius 2 is 2.12 bits per heavy atom. The Morgan fingerprint density at radius 1 is 1.47 bits per heavy atom. The molecule has 0 aliphatic rings. The molecule has 0 heterocycles. The fourth-order valence-corrected chi connectivity index (χ4v) is 3.09. The molecule has 4 heteroatoms. The monoisotopic (exact) mass is 319 g/mol. The molecule has 1 atom stereocenters. The minimum absolute atomic E-state index is 0.316. The van der Waals surface area contributed by atoms with Gasteiger partial charge in [0.25, 0.3) is 0 Å². The van der Waals surface area contributed by atoms with Gasteiger partial charge in [-0.15, -0.1) is 11.8 Å². The van der Waals surface area contributed by atoms with Crippen LogP contribution in [0.5, 0.6) is 0 Å². The molecule has 1 aromatic rings. The van der Waals surface area contributed by atoms with E-state index in [1.54, 1.807) is 25.7 Å². The van der Waals surface area contributed by atoms with E-state index in [-0.39, 0.29) is 0 Å². The van der Waals surface area contributed by atoms with Gasteiger partial charge >= 0.3 is 0 Å². The maximum Gasteiger partial charge on any atom is 0.145 e. The molecule has 0 saturated heterocycles. The predicted molar refractivity (Wildman–Crippen MR) is 77.5 cm³/mol. The Bertz CT molecular complexity index is 380. The van der Waals surface area contributed by atoms with Gasteiger partial charge in [0.15, 0.2) is 0 Å². The summed E-state index contributed by atoms with van der Waals surface area (Å²) < 4.78 is 15.3. The molecule has 0 aliphatic carbocycles. The maximum absolute atomic E-state index is 14.3. The van der Waals surface area contributed by atoms with Gasteiger partial charge < -0.3 is 5.32 Å². The van der Waals surface area contributed by atoms with Crippen LogP contribution >= 0.6 is 27.7 Å². The molecule has 96 valence electrons. The number of nitrogens with one attached hydrogen (secondary N) is 1. The van der Waals surface area contributed by atoms with E-state index in [2.05, 4.69) is 35.1 Å². The van der Waals surface area contributed by atoms with Gasteiger partial charge in [-0.1, -0.05) is 19.9 Å². The lowest BCUT2D eigenvalue weighted by Gasteiger charge is -2.21. The summed E-state index contributed by atoms with van der Waals surface area (Å²) in [4.78, 5) is 1.16. The smallest absolute Gasteiger partial charge is 0.145 e. The first-order valence-corrected chi connectivity index (χ1v) is 7.34. The van der Waals surface area contributed by atoms with E-state index >= 15 is 0 Å². The van der Waals surface area contributed by atoms with E-state index < -0.39 is 5.67 Å². The second-order valence-corrected chi connectivity index (χ2v) is 7.01. The molecule has 0 spiro atoms. The van der Waals surface area contributed by atoms with E-state index in [1.165, 1.54) is 0 Å². The third-order valence-corrected chi connectivity index (χ3v) is 4.41. The summed E-state index contributed by atoms with van der Waals surface area (Å²) >= 11 is 5.28. The molecule has 1 aromatic carbocycles. The second-order valence-electron chi connectivity index (χ2n) is 4.54. The van der Waals surface area contributed by atoms with Gasteiger partial charge in [-0.25, -0.2) is 4.39 Å². The lowest BCUT2D eigenvalue weighted by molar-refractivity contribution is 0.190. The molecule has 1 rings (SSSR count). The zero-order valence-corrected chi connectivity index (χ0v) is 13.1. The SMILES string of the molecule is CNCC(C)(F)c1ccc(SC(C)C)c(Br)c1. The first-order chi connectivity index (χ1) is 7.86. The van der Waals surface area contributed by atoms with Gasteiger partial charge in [0.1, 0.15) is 5.67 Å². The van der Waals surface area contributed by atoms with Crippen LogP contribution in [-0.4, -0.2) is 18.8 Å². The van der Waals surface area contributed by atoms with Crippen LogP contribution in [0.3, 0.4) is 0 Å². The maximum atomic E-state index is 14.3. The second kappa shape index (κ2) is 6.21. The molecule has 0 aliphatic heterocycles. The molecule has 0 aromatic heterocycles.